The van der Waals surface area contributed by atoms with Crippen molar-refractivity contribution in [3.05, 3.63) is 48.3 Å². The smallest absolute Gasteiger partial charge is 0.128 e. The topological polar surface area (TPSA) is 38.0 Å². The molecular formula is C14H21FN2. The Morgan fingerprint density at radius 1 is 1.29 bits per heavy atom. The number of nitrogens with one attached hydrogen (secondary N) is 1. The Balaban J connectivity index is 2.43. The van der Waals surface area contributed by atoms with E-state index in [-0.39, 0.29) is 11.9 Å². The highest BCUT2D eigenvalue weighted by atomic mass is 19.1. The summed E-state index contributed by atoms with van der Waals surface area (Å²) in [7, 11) is 0. The van der Waals surface area contributed by atoms with Gasteiger partial charge in [0.25, 0.3) is 0 Å². The molecule has 1 atom stereocenters. The second-order valence-electron chi connectivity index (χ2n) is 4.17. The molecule has 0 amide bonds. The molecule has 0 bridgehead atoms. The van der Waals surface area contributed by atoms with Crippen LogP contribution in [0, 0.1) is 5.82 Å². The number of hydrazine groups is 1. The van der Waals surface area contributed by atoms with Gasteiger partial charge in [0.15, 0.2) is 0 Å². The summed E-state index contributed by atoms with van der Waals surface area (Å²) in [6.07, 6.45) is 7.12. The normalized spacial score (nSPS) is 12.4. The van der Waals surface area contributed by atoms with Crippen LogP contribution in [-0.4, -0.2) is 0 Å². The van der Waals surface area contributed by atoms with E-state index in [4.69, 9.17) is 5.84 Å². The molecule has 1 unspecified atom stereocenters. The highest BCUT2D eigenvalue weighted by molar-refractivity contribution is 5.20. The zero-order valence-electron chi connectivity index (χ0n) is 10.2. The van der Waals surface area contributed by atoms with Gasteiger partial charge in [-0.1, -0.05) is 37.1 Å². The molecule has 0 aromatic heterocycles. The molecule has 0 radical (unpaired) electrons. The molecule has 0 spiro atoms. The number of hydrogen-bond donors (Lipinski definition) is 2. The first-order valence-electron chi connectivity index (χ1n) is 6.11. The Bertz CT molecular complexity index is 339. The molecule has 0 fully saturated rings. The number of nitrogens with two attached hydrogens (primary N) is 1. The monoisotopic (exact) mass is 236 g/mol. The van der Waals surface area contributed by atoms with Crippen LogP contribution in [-0.2, 0) is 0 Å². The lowest BCUT2D eigenvalue weighted by atomic mass is 10.00. The lowest BCUT2D eigenvalue weighted by Gasteiger charge is -2.16. The van der Waals surface area contributed by atoms with E-state index in [0.29, 0.717) is 5.56 Å². The van der Waals surface area contributed by atoms with Crippen LogP contribution in [0.25, 0.3) is 0 Å². The standard InChI is InChI=1S/C14H21FN2/c1-2-3-4-5-6-11-14(17-16)12-9-7-8-10-13(12)15/h2,7-10,14,17H,1,3-6,11,16H2. The molecule has 1 rings (SSSR count). The van der Waals surface area contributed by atoms with E-state index in [1.54, 1.807) is 12.1 Å². The minimum atomic E-state index is -0.193. The van der Waals surface area contributed by atoms with Crippen LogP contribution < -0.4 is 11.3 Å². The predicted molar refractivity (Wildman–Crippen MR) is 69.7 cm³/mol. The van der Waals surface area contributed by atoms with Gasteiger partial charge in [0.2, 0.25) is 0 Å². The zero-order valence-corrected chi connectivity index (χ0v) is 10.2. The van der Waals surface area contributed by atoms with Crippen molar-refractivity contribution in [1.82, 2.24) is 5.43 Å². The maximum absolute atomic E-state index is 13.5. The highest BCUT2D eigenvalue weighted by Crippen LogP contribution is 2.21. The lowest BCUT2D eigenvalue weighted by Crippen LogP contribution is -2.28. The summed E-state index contributed by atoms with van der Waals surface area (Å²) in [6, 6.07) is 6.68. The van der Waals surface area contributed by atoms with E-state index in [1.807, 2.05) is 12.1 Å². The first-order chi connectivity index (χ1) is 8.29. The van der Waals surface area contributed by atoms with Crippen molar-refractivity contribution in [2.75, 3.05) is 0 Å². The molecule has 1 aromatic rings. The first kappa shape index (κ1) is 13.9. The number of unbranched alkanes of at least 4 members (excludes halogenated alkanes) is 3. The molecule has 2 nitrogen and oxygen atoms in total. The second kappa shape index (κ2) is 7.98. The fourth-order valence-electron chi connectivity index (χ4n) is 1.90. The summed E-state index contributed by atoms with van der Waals surface area (Å²) in [5.41, 5.74) is 3.34. The van der Waals surface area contributed by atoms with Crippen molar-refractivity contribution in [2.24, 2.45) is 5.84 Å². The van der Waals surface area contributed by atoms with Crippen molar-refractivity contribution in [2.45, 2.75) is 38.1 Å². The number of benzene rings is 1. The van der Waals surface area contributed by atoms with Crippen LogP contribution in [0.15, 0.2) is 36.9 Å². The molecule has 0 aliphatic carbocycles. The van der Waals surface area contributed by atoms with Gasteiger partial charge < -0.3 is 0 Å². The third-order valence-electron chi connectivity index (χ3n) is 2.88. The Morgan fingerprint density at radius 3 is 2.71 bits per heavy atom. The van der Waals surface area contributed by atoms with Crippen molar-refractivity contribution < 1.29 is 4.39 Å². The molecular weight excluding hydrogens is 215 g/mol. The number of halogens is 1. The van der Waals surface area contributed by atoms with E-state index < -0.39 is 0 Å². The summed E-state index contributed by atoms with van der Waals surface area (Å²) < 4.78 is 13.5. The molecule has 0 saturated heterocycles. The number of rotatable bonds is 8. The van der Waals surface area contributed by atoms with E-state index in [2.05, 4.69) is 12.0 Å². The van der Waals surface area contributed by atoms with Crippen LogP contribution in [0.2, 0.25) is 0 Å². The van der Waals surface area contributed by atoms with Crippen molar-refractivity contribution in [3.63, 3.8) is 0 Å². The van der Waals surface area contributed by atoms with Crippen molar-refractivity contribution in [3.8, 4) is 0 Å². The number of hydrogen-bond acceptors (Lipinski definition) is 2. The third kappa shape index (κ3) is 4.67. The molecule has 1 aromatic carbocycles. The van der Waals surface area contributed by atoms with E-state index in [1.165, 1.54) is 6.07 Å². The molecule has 0 saturated carbocycles. The predicted octanol–water partition coefficient (Wildman–Crippen LogP) is 3.47. The summed E-state index contributed by atoms with van der Waals surface area (Å²) >= 11 is 0. The van der Waals surface area contributed by atoms with Crippen LogP contribution in [0.3, 0.4) is 0 Å². The minimum absolute atomic E-state index is 0.0973. The van der Waals surface area contributed by atoms with Gasteiger partial charge in [-0.15, -0.1) is 6.58 Å². The molecule has 94 valence electrons. The quantitative estimate of drug-likeness (QED) is 0.314. The molecule has 0 heterocycles. The van der Waals surface area contributed by atoms with Gasteiger partial charge in [-0.3, -0.25) is 11.3 Å². The largest absolute Gasteiger partial charge is 0.271 e. The fraction of sp³-hybridized carbons (Fsp3) is 0.429. The Labute approximate surface area is 103 Å². The van der Waals surface area contributed by atoms with Crippen molar-refractivity contribution in [1.29, 1.82) is 0 Å². The lowest BCUT2D eigenvalue weighted by molar-refractivity contribution is 0.462. The summed E-state index contributed by atoms with van der Waals surface area (Å²) in [5.74, 6) is 5.29. The van der Waals surface area contributed by atoms with E-state index >= 15 is 0 Å². The van der Waals surface area contributed by atoms with E-state index in [9.17, 15) is 4.39 Å². The second-order valence-corrected chi connectivity index (χ2v) is 4.17. The average molecular weight is 236 g/mol. The van der Waals surface area contributed by atoms with Gasteiger partial charge in [0, 0.05) is 11.6 Å². The van der Waals surface area contributed by atoms with Crippen LogP contribution in [0.1, 0.15) is 43.7 Å². The van der Waals surface area contributed by atoms with E-state index in [0.717, 1.165) is 32.1 Å². The van der Waals surface area contributed by atoms with Crippen LogP contribution in [0.5, 0.6) is 0 Å². The van der Waals surface area contributed by atoms with Gasteiger partial charge in [-0.25, -0.2) is 4.39 Å². The molecule has 3 N–H and O–H groups in total. The molecule has 0 aliphatic rings. The maximum atomic E-state index is 13.5. The average Bonchev–Trinajstić information content (AvgIpc) is 2.35. The van der Waals surface area contributed by atoms with Crippen molar-refractivity contribution >= 4 is 0 Å². The zero-order chi connectivity index (χ0) is 12.5. The highest BCUT2D eigenvalue weighted by Gasteiger charge is 2.12. The number of allylic oxidation sites excluding steroid dienone is 1. The fourth-order valence-corrected chi connectivity index (χ4v) is 1.90. The van der Waals surface area contributed by atoms with Gasteiger partial charge in [0.05, 0.1) is 0 Å². The SMILES string of the molecule is C=CCCCCCC(NN)c1ccccc1F. The Kier molecular flexibility index (Phi) is 6.51. The van der Waals surface area contributed by atoms with Crippen LogP contribution in [0.4, 0.5) is 4.39 Å². The first-order valence-corrected chi connectivity index (χ1v) is 6.11. The van der Waals surface area contributed by atoms with Gasteiger partial charge in [-0.05, 0) is 25.3 Å². The van der Waals surface area contributed by atoms with Gasteiger partial charge >= 0.3 is 0 Å². The molecule has 17 heavy (non-hydrogen) atoms. The Morgan fingerprint density at radius 2 is 2.06 bits per heavy atom. The third-order valence-corrected chi connectivity index (χ3v) is 2.88. The molecule has 3 heteroatoms. The van der Waals surface area contributed by atoms with Gasteiger partial charge in [0.1, 0.15) is 5.82 Å². The van der Waals surface area contributed by atoms with Crippen LogP contribution >= 0.6 is 0 Å². The summed E-state index contributed by atoms with van der Waals surface area (Å²) in [6.45, 7) is 3.69. The Hall–Kier alpha value is -1.19. The summed E-state index contributed by atoms with van der Waals surface area (Å²) in [4.78, 5) is 0. The maximum Gasteiger partial charge on any atom is 0.128 e. The molecule has 0 aliphatic heterocycles. The minimum Gasteiger partial charge on any atom is -0.271 e. The summed E-state index contributed by atoms with van der Waals surface area (Å²) in [5, 5.41) is 0. The van der Waals surface area contributed by atoms with Gasteiger partial charge in [-0.2, -0.15) is 0 Å².